The Morgan fingerprint density at radius 3 is 2.12 bits per heavy atom. The highest BCUT2D eigenvalue weighted by molar-refractivity contribution is 5.80. The fourth-order valence-corrected chi connectivity index (χ4v) is 2.25. The number of aliphatic carboxylic acids is 2. The number of halogens is 3. The molecule has 0 radical (unpaired) electrons. The van der Waals surface area contributed by atoms with E-state index in [-0.39, 0.29) is 13.0 Å². The number of carboxylic acids is 2. The number of alkyl halides is 3. The van der Waals surface area contributed by atoms with Gasteiger partial charge in [-0.25, -0.2) is 14.4 Å². The van der Waals surface area contributed by atoms with Gasteiger partial charge in [0.15, 0.2) is 0 Å². The second kappa shape index (κ2) is 12.0. The van der Waals surface area contributed by atoms with Crippen LogP contribution in [0.1, 0.15) is 11.1 Å². The van der Waals surface area contributed by atoms with E-state index in [1.54, 1.807) is 18.2 Å². The first-order valence-electron chi connectivity index (χ1n) is 8.86. The summed E-state index contributed by atoms with van der Waals surface area (Å²) < 4.78 is 41.8. The van der Waals surface area contributed by atoms with Crippen LogP contribution in [-0.4, -0.2) is 47.6 Å². The Morgan fingerprint density at radius 1 is 1.06 bits per heavy atom. The summed E-state index contributed by atoms with van der Waals surface area (Å²) in [5.41, 5.74) is 7.69. The third-order valence-electron chi connectivity index (χ3n) is 3.78. The molecule has 5 N–H and O–H groups in total. The van der Waals surface area contributed by atoms with Gasteiger partial charge in [0.05, 0.1) is 12.8 Å². The number of ether oxygens (including phenoxy) is 2. The first-order valence-corrected chi connectivity index (χ1v) is 8.86. The average molecular weight is 458 g/mol. The highest BCUT2D eigenvalue weighted by Gasteiger charge is 2.38. The van der Waals surface area contributed by atoms with Crippen LogP contribution in [0.3, 0.4) is 0 Å². The number of carbonyl (C=O) groups is 3. The Morgan fingerprint density at radius 2 is 1.66 bits per heavy atom. The zero-order valence-corrected chi connectivity index (χ0v) is 16.8. The topological polar surface area (TPSA) is 148 Å². The van der Waals surface area contributed by atoms with Crippen molar-refractivity contribution < 1.29 is 47.2 Å². The Labute approximate surface area is 180 Å². The van der Waals surface area contributed by atoms with Gasteiger partial charge in [-0.05, 0) is 23.3 Å². The average Bonchev–Trinajstić information content (AvgIpc) is 2.72. The van der Waals surface area contributed by atoms with Crippen LogP contribution in [0, 0.1) is 0 Å². The van der Waals surface area contributed by atoms with Crippen molar-refractivity contribution in [3.63, 3.8) is 0 Å². The van der Waals surface area contributed by atoms with Gasteiger partial charge in [-0.2, -0.15) is 13.2 Å². The van der Waals surface area contributed by atoms with Gasteiger partial charge in [0, 0.05) is 6.42 Å². The van der Waals surface area contributed by atoms with Crippen LogP contribution in [0.25, 0.3) is 0 Å². The first-order chi connectivity index (χ1) is 14.9. The minimum Gasteiger partial charge on any atom is -0.495 e. The molecule has 1 atom stereocenters. The summed E-state index contributed by atoms with van der Waals surface area (Å²) in [7, 11) is 1.50. The lowest BCUT2D eigenvalue weighted by Gasteiger charge is -2.15. The SMILES string of the molecule is COc1ccc(C[C@@H](NC(=O)OCc2ccccc2)C(=O)O)cc1N.O=C(O)C(F)(F)F. The van der Waals surface area contributed by atoms with Crippen LogP contribution in [-0.2, 0) is 27.4 Å². The quantitative estimate of drug-likeness (QED) is 0.463. The number of methoxy groups -OCH3 is 1. The van der Waals surface area contributed by atoms with Crippen LogP contribution in [0.4, 0.5) is 23.7 Å². The van der Waals surface area contributed by atoms with Gasteiger partial charge >= 0.3 is 24.2 Å². The lowest BCUT2D eigenvalue weighted by atomic mass is 10.1. The minimum absolute atomic E-state index is 0.0640. The molecule has 0 saturated heterocycles. The molecule has 1 amide bonds. The molecule has 9 nitrogen and oxygen atoms in total. The van der Waals surface area contributed by atoms with Gasteiger partial charge in [-0.15, -0.1) is 0 Å². The van der Waals surface area contributed by atoms with Crippen LogP contribution >= 0.6 is 0 Å². The normalized spacial score (nSPS) is 11.4. The smallest absolute Gasteiger partial charge is 0.490 e. The molecule has 0 heterocycles. The van der Waals surface area contributed by atoms with Gasteiger partial charge in [-0.1, -0.05) is 36.4 Å². The zero-order chi connectivity index (χ0) is 24.3. The molecule has 0 fully saturated rings. The lowest BCUT2D eigenvalue weighted by molar-refractivity contribution is -0.192. The number of hydrogen-bond acceptors (Lipinski definition) is 6. The maximum atomic E-state index is 11.8. The fourth-order valence-electron chi connectivity index (χ4n) is 2.25. The minimum atomic E-state index is -5.08. The molecule has 2 rings (SSSR count). The molecule has 12 heteroatoms. The maximum Gasteiger partial charge on any atom is 0.490 e. The number of rotatable bonds is 7. The maximum absolute atomic E-state index is 11.8. The summed E-state index contributed by atoms with van der Waals surface area (Å²) in [5.74, 6) is -3.41. The predicted octanol–water partition coefficient (Wildman–Crippen LogP) is 2.83. The molecule has 0 aliphatic carbocycles. The highest BCUT2D eigenvalue weighted by Crippen LogP contribution is 2.22. The monoisotopic (exact) mass is 458 g/mol. The number of nitrogen functional groups attached to an aromatic ring is 1. The van der Waals surface area contributed by atoms with Crippen molar-refractivity contribution in [2.24, 2.45) is 0 Å². The van der Waals surface area contributed by atoms with Crippen molar-refractivity contribution in [1.29, 1.82) is 0 Å². The number of alkyl carbamates (subject to hydrolysis) is 1. The van der Waals surface area contributed by atoms with E-state index in [0.717, 1.165) is 5.56 Å². The number of nitrogens with one attached hydrogen (secondary N) is 1. The summed E-state index contributed by atoms with van der Waals surface area (Å²) in [5, 5.41) is 18.8. The van der Waals surface area contributed by atoms with E-state index in [2.05, 4.69) is 5.32 Å². The largest absolute Gasteiger partial charge is 0.495 e. The fraction of sp³-hybridized carbons (Fsp3) is 0.250. The van der Waals surface area contributed by atoms with Crippen molar-refractivity contribution >= 4 is 23.7 Å². The molecule has 32 heavy (non-hydrogen) atoms. The number of anilines is 1. The van der Waals surface area contributed by atoms with E-state index in [1.165, 1.54) is 7.11 Å². The Balaban J connectivity index is 0.000000633. The summed E-state index contributed by atoms with van der Waals surface area (Å²) in [6.07, 6.45) is -5.80. The number of carboxylic acid groups (broad SMARTS) is 2. The Kier molecular flexibility index (Phi) is 9.80. The number of benzene rings is 2. The van der Waals surface area contributed by atoms with E-state index < -0.39 is 30.2 Å². The van der Waals surface area contributed by atoms with Gasteiger partial charge < -0.3 is 30.7 Å². The third-order valence-corrected chi connectivity index (χ3v) is 3.78. The molecule has 2 aromatic rings. The molecule has 0 aliphatic heterocycles. The molecule has 0 bridgehead atoms. The molecule has 174 valence electrons. The summed E-state index contributed by atoms with van der Waals surface area (Å²) in [6, 6.07) is 13.0. The van der Waals surface area contributed by atoms with Crippen LogP contribution in [0.15, 0.2) is 48.5 Å². The van der Waals surface area contributed by atoms with E-state index in [4.69, 9.17) is 25.1 Å². The molecule has 0 aliphatic rings. The summed E-state index contributed by atoms with van der Waals surface area (Å²) in [6.45, 7) is 0.0640. The Hall–Kier alpha value is -3.96. The summed E-state index contributed by atoms with van der Waals surface area (Å²) in [4.78, 5) is 32.1. The van der Waals surface area contributed by atoms with Crippen molar-refractivity contribution in [2.75, 3.05) is 12.8 Å². The van der Waals surface area contributed by atoms with Crippen LogP contribution < -0.4 is 15.8 Å². The first kappa shape index (κ1) is 26.1. The van der Waals surface area contributed by atoms with E-state index >= 15 is 0 Å². The number of carbonyl (C=O) groups excluding carboxylic acids is 1. The Bertz CT molecular complexity index is 921. The standard InChI is InChI=1S/C18H20N2O5.C2HF3O2/c1-24-16-8-7-13(9-14(16)19)10-15(17(21)22)20-18(23)25-11-12-5-3-2-4-6-12;3-2(4,5)1(6)7/h2-9,15H,10-11,19H2,1H3,(H,20,23)(H,21,22);(H,6,7)/t15-;/m1./s1. The van der Waals surface area contributed by atoms with E-state index in [0.29, 0.717) is 17.0 Å². The predicted molar refractivity (Wildman–Crippen MR) is 106 cm³/mol. The molecule has 0 unspecified atom stereocenters. The van der Waals surface area contributed by atoms with Crippen molar-refractivity contribution in [1.82, 2.24) is 5.32 Å². The van der Waals surface area contributed by atoms with Crippen molar-refractivity contribution in [3.05, 3.63) is 59.7 Å². The van der Waals surface area contributed by atoms with Gasteiger partial charge in [0.25, 0.3) is 0 Å². The molecular formula is C20H21F3N2O7. The van der Waals surface area contributed by atoms with Crippen molar-refractivity contribution in [3.8, 4) is 5.75 Å². The number of nitrogens with two attached hydrogens (primary N) is 1. The molecule has 0 aromatic heterocycles. The second-order valence-corrected chi connectivity index (χ2v) is 6.18. The molecular weight excluding hydrogens is 437 g/mol. The number of hydrogen-bond donors (Lipinski definition) is 4. The molecule has 2 aromatic carbocycles. The summed E-state index contributed by atoms with van der Waals surface area (Å²) >= 11 is 0. The van der Waals surface area contributed by atoms with Gasteiger partial charge in [0.2, 0.25) is 0 Å². The second-order valence-electron chi connectivity index (χ2n) is 6.18. The van der Waals surface area contributed by atoms with Crippen LogP contribution in [0.2, 0.25) is 0 Å². The number of amides is 1. The van der Waals surface area contributed by atoms with Crippen molar-refractivity contribution in [2.45, 2.75) is 25.2 Å². The lowest BCUT2D eigenvalue weighted by Crippen LogP contribution is -2.42. The van der Waals surface area contributed by atoms with E-state index in [9.17, 15) is 27.9 Å². The van der Waals surface area contributed by atoms with Crippen LogP contribution in [0.5, 0.6) is 5.75 Å². The third kappa shape index (κ3) is 9.24. The van der Waals surface area contributed by atoms with E-state index in [1.807, 2.05) is 30.3 Å². The van der Waals surface area contributed by atoms with Gasteiger partial charge in [-0.3, -0.25) is 0 Å². The zero-order valence-electron chi connectivity index (χ0n) is 16.8. The molecule has 0 saturated carbocycles. The molecule has 0 spiro atoms. The van der Waals surface area contributed by atoms with Gasteiger partial charge in [0.1, 0.15) is 18.4 Å². The highest BCUT2D eigenvalue weighted by atomic mass is 19.4.